The third-order valence-electron chi connectivity index (χ3n) is 4.96. The minimum absolute atomic E-state index is 0.0385. The number of carbonyl (C=O) groups is 1. The Hall–Kier alpha value is -3.33. The highest BCUT2D eigenvalue weighted by molar-refractivity contribution is 7.93. The van der Waals surface area contributed by atoms with Gasteiger partial charge in [0, 0.05) is 11.1 Å². The van der Waals surface area contributed by atoms with E-state index in [0.29, 0.717) is 16.8 Å². The smallest absolute Gasteiger partial charge is 0.324 e. The van der Waals surface area contributed by atoms with Crippen LogP contribution in [0.15, 0.2) is 71.6 Å². The molecular weight excluding hydrogens is 429 g/mol. The molecule has 0 saturated heterocycles. The van der Waals surface area contributed by atoms with Gasteiger partial charge < -0.3 is 5.32 Å². The molecule has 1 aliphatic rings. The number of sulfonamides is 1. The van der Waals surface area contributed by atoms with Crippen molar-refractivity contribution in [3.63, 3.8) is 0 Å². The molecular formula is C22H17F3N2O3S. The van der Waals surface area contributed by atoms with Crippen LogP contribution >= 0.6 is 0 Å². The van der Waals surface area contributed by atoms with E-state index < -0.39 is 39.9 Å². The Bertz CT molecular complexity index is 1290. The van der Waals surface area contributed by atoms with Crippen LogP contribution in [0, 0.1) is 6.92 Å². The average molecular weight is 446 g/mol. The first kappa shape index (κ1) is 20.9. The van der Waals surface area contributed by atoms with Gasteiger partial charge in [-0.3, -0.25) is 9.10 Å². The predicted molar refractivity (Wildman–Crippen MR) is 111 cm³/mol. The fraction of sp³-hybridized carbons (Fsp3) is 0.136. The van der Waals surface area contributed by atoms with E-state index in [2.05, 4.69) is 5.32 Å². The number of carbonyl (C=O) groups excluding carboxylic acids is 1. The molecule has 0 bridgehead atoms. The number of benzene rings is 3. The lowest BCUT2D eigenvalue weighted by Gasteiger charge is -2.32. The zero-order chi connectivity index (χ0) is 22.4. The lowest BCUT2D eigenvalue weighted by atomic mass is 10.0. The summed E-state index contributed by atoms with van der Waals surface area (Å²) in [5.74, 6) is -0.883. The number of hydrogen-bond donors (Lipinski definition) is 1. The molecule has 1 N–H and O–H groups in total. The lowest BCUT2D eigenvalue weighted by Crippen LogP contribution is -2.40. The summed E-state index contributed by atoms with van der Waals surface area (Å²) < 4.78 is 67.1. The third kappa shape index (κ3) is 3.76. The van der Waals surface area contributed by atoms with Gasteiger partial charge in [-0.25, -0.2) is 8.42 Å². The maximum absolute atomic E-state index is 13.2. The molecule has 4 rings (SSSR count). The van der Waals surface area contributed by atoms with E-state index in [1.165, 1.54) is 18.2 Å². The van der Waals surface area contributed by atoms with Crippen molar-refractivity contribution in [2.75, 3.05) is 16.2 Å². The first-order valence-corrected chi connectivity index (χ1v) is 10.7. The highest BCUT2D eigenvalue weighted by Gasteiger charge is 2.37. The van der Waals surface area contributed by atoms with E-state index >= 15 is 0 Å². The second-order valence-electron chi connectivity index (χ2n) is 7.12. The van der Waals surface area contributed by atoms with E-state index in [1.54, 1.807) is 30.3 Å². The molecule has 0 radical (unpaired) electrons. The standard InChI is InChI=1S/C22H17F3N2O3S/c1-14-10-11-19-16(12-14)15-6-2-5-9-20(15)31(29,30)27(19)13-21(28)26-18-8-4-3-7-17(18)22(23,24)25/h2-12H,13H2,1H3,(H,26,28). The molecule has 0 saturated carbocycles. The number of fused-ring (bicyclic) bond motifs is 3. The Balaban J connectivity index is 1.72. The van der Waals surface area contributed by atoms with Crippen molar-refractivity contribution >= 4 is 27.3 Å². The van der Waals surface area contributed by atoms with Gasteiger partial charge in [0.2, 0.25) is 5.91 Å². The summed E-state index contributed by atoms with van der Waals surface area (Å²) >= 11 is 0. The lowest BCUT2D eigenvalue weighted by molar-refractivity contribution is -0.137. The predicted octanol–water partition coefficient (Wildman–Crippen LogP) is 4.83. The van der Waals surface area contributed by atoms with Gasteiger partial charge in [-0.15, -0.1) is 0 Å². The van der Waals surface area contributed by atoms with Gasteiger partial charge in [0.25, 0.3) is 10.0 Å². The van der Waals surface area contributed by atoms with Gasteiger partial charge in [-0.2, -0.15) is 13.2 Å². The minimum atomic E-state index is -4.66. The number of alkyl halides is 3. The average Bonchev–Trinajstić information content (AvgIpc) is 2.71. The molecule has 0 aliphatic carbocycles. The highest BCUT2D eigenvalue weighted by Crippen LogP contribution is 2.43. The second kappa shape index (κ2) is 7.42. The maximum Gasteiger partial charge on any atom is 0.418 e. The molecule has 0 spiro atoms. The highest BCUT2D eigenvalue weighted by atomic mass is 32.2. The van der Waals surface area contributed by atoms with Crippen molar-refractivity contribution in [1.82, 2.24) is 0 Å². The van der Waals surface area contributed by atoms with E-state index in [1.807, 2.05) is 13.0 Å². The van der Waals surface area contributed by atoms with Crippen LogP contribution in [-0.2, 0) is 21.0 Å². The molecule has 9 heteroatoms. The number of aryl methyl sites for hydroxylation is 1. The zero-order valence-corrected chi connectivity index (χ0v) is 17.1. The summed E-state index contributed by atoms with van der Waals surface area (Å²) in [5, 5.41) is 2.20. The number of para-hydroxylation sites is 1. The zero-order valence-electron chi connectivity index (χ0n) is 16.3. The van der Waals surface area contributed by atoms with E-state index in [0.717, 1.165) is 22.0 Å². The summed E-state index contributed by atoms with van der Waals surface area (Å²) in [6.07, 6.45) is -4.66. The molecule has 0 unspecified atom stereocenters. The van der Waals surface area contributed by atoms with Crippen LogP contribution in [0.5, 0.6) is 0 Å². The fourth-order valence-corrected chi connectivity index (χ4v) is 5.22. The SMILES string of the molecule is Cc1ccc2c(c1)-c1ccccc1S(=O)(=O)N2CC(=O)Nc1ccccc1C(F)(F)F. The first-order chi connectivity index (χ1) is 14.6. The number of hydrogen-bond acceptors (Lipinski definition) is 3. The monoisotopic (exact) mass is 446 g/mol. The van der Waals surface area contributed by atoms with Gasteiger partial charge >= 0.3 is 6.18 Å². The topological polar surface area (TPSA) is 66.5 Å². The molecule has 1 heterocycles. The van der Waals surface area contributed by atoms with Crippen LogP contribution in [0.2, 0.25) is 0 Å². The molecule has 3 aromatic carbocycles. The number of halogens is 3. The van der Waals surface area contributed by atoms with Crippen LogP contribution in [0.4, 0.5) is 24.5 Å². The molecule has 5 nitrogen and oxygen atoms in total. The molecule has 1 amide bonds. The molecule has 160 valence electrons. The van der Waals surface area contributed by atoms with Crippen molar-refractivity contribution in [1.29, 1.82) is 0 Å². The van der Waals surface area contributed by atoms with Crippen molar-refractivity contribution in [3.8, 4) is 11.1 Å². The Morgan fingerprint density at radius 3 is 2.39 bits per heavy atom. The largest absolute Gasteiger partial charge is 0.418 e. The van der Waals surface area contributed by atoms with Crippen molar-refractivity contribution in [2.24, 2.45) is 0 Å². The Kier molecular flexibility index (Phi) is 5.01. The van der Waals surface area contributed by atoms with E-state index in [9.17, 15) is 26.4 Å². The summed E-state index contributed by atoms with van der Waals surface area (Å²) in [6, 6.07) is 16.1. The van der Waals surface area contributed by atoms with Gasteiger partial charge in [-0.1, -0.05) is 42.0 Å². The van der Waals surface area contributed by atoms with Crippen molar-refractivity contribution in [2.45, 2.75) is 18.0 Å². The summed E-state index contributed by atoms with van der Waals surface area (Å²) in [6.45, 7) is 1.19. The second-order valence-corrected chi connectivity index (χ2v) is 8.95. The maximum atomic E-state index is 13.2. The van der Waals surface area contributed by atoms with Crippen LogP contribution in [-0.4, -0.2) is 20.9 Å². The number of nitrogens with zero attached hydrogens (tertiary/aromatic N) is 1. The Labute approximate surface area is 177 Å². The Morgan fingerprint density at radius 1 is 0.968 bits per heavy atom. The first-order valence-electron chi connectivity index (χ1n) is 9.28. The molecule has 0 atom stereocenters. The van der Waals surface area contributed by atoms with Crippen molar-refractivity contribution < 1.29 is 26.4 Å². The van der Waals surface area contributed by atoms with Crippen LogP contribution in [0.1, 0.15) is 11.1 Å². The summed E-state index contributed by atoms with van der Waals surface area (Å²) in [4.78, 5) is 12.7. The van der Waals surface area contributed by atoms with Gasteiger partial charge in [0.1, 0.15) is 6.54 Å². The third-order valence-corrected chi connectivity index (χ3v) is 6.78. The van der Waals surface area contributed by atoms with Gasteiger partial charge in [-0.05, 0) is 37.3 Å². The van der Waals surface area contributed by atoms with Gasteiger partial charge in [0.15, 0.2) is 0 Å². The molecule has 1 aliphatic heterocycles. The van der Waals surface area contributed by atoms with Gasteiger partial charge in [0.05, 0.1) is 21.8 Å². The normalized spacial score (nSPS) is 14.5. The number of nitrogens with one attached hydrogen (secondary N) is 1. The molecule has 3 aromatic rings. The van der Waals surface area contributed by atoms with Crippen LogP contribution in [0.25, 0.3) is 11.1 Å². The van der Waals surface area contributed by atoms with Crippen molar-refractivity contribution in [3.05, 3.63) is 77.9 Å². The molecule has 31 heavy (non-hydrogen) atoms. The summed E-state index contributed by atoms with van der Waals surface area (Å²) in [7, 11) is -4.08. The van der Waals surface area contributed by atoms with E-state index in [4.69, 9.17) is 0 Å². The number of anilines is 2. The Morgan fingerprint density at radius 2 is 1.65 bits per heavy atom. The quantitative estimate of drug-likeness (QED) is 0.627. The van der Waals surface area contributed by atoms with Crippen LogP contribution < -0.4 is 9.62 Å². The van der Waals surface area contributed by atoms with E-state index in [-0.39, 0.29) is 4.90 Å². The van der Waals surface area contributed by atoms with Crippen LogP contribution in [0.3, 0.4) is 0 Å². The molecule has 0 aromatic heterocycles. The molecule has 0 fully saturated rings. The number of amides is 1. The minimum Gasteiger partial charge on any atom is -0.324 e. The fourth-order valence-electron chi connectivity index (χ4n) is 3.58. The number of rotatable bonds is 3. The summed E-state index contributed by atoms with van der Waals surface area (Å²) in [5.41, 5.74) is 0.902.